The van der Waals surface area contributed by atoms with Gasteiger partial charge in [-0.1, -0.05) is 57.6 Å². The minimum absolute atomic E-state index is 0.0745. The smallest absolute Gasteiger partial charge is 0.338 e. The highest BCUT2D eigenvalue weighted by Crippen LogP contribution is 2.34. The maximum Gasteiger partial charge on any atom is 0.338 e. The van der Waals surface area contributed by atoms with Crippen LogP contribution >= 0.6 is 27.3 Å². The number of phenols is 1. The van der Waals surface area contributed by atoms with Gasteiger partial charge in [-0.15, -0.1) is 0 Å². The summed E-state index contributed by atoms with van der Waals surface area (Å²) in [7, 11) is 1.46. The second kappa shape index (κ2) is 9.36. The fraction of sp³-hybridized carbons (Fsp3) is 0.208. The average Bonchev–Trinajstić information content (AvgIpc) is 3.10. The quantitative estimate of drug-likeness (QED) is 0.513. The summed E-state index contributed by atoms with van der Waals surface area (Å²) in [6.07, 6.45) is 1.60. The van der Waals surface area contributed by atoms with Crippen molar-refractivity contribution in [2.45, 2.75) is 19.9 Å². The third-order valence-electron chi connectivity index (χ3n) is 5.21. The maximum atomic E-state index is 13.6. The van der Waals surface area contributed by atoms with Crippen molar-refractivity contribution in [1.82, 2.24) is 4.57 Å². The molecule has 33 heavy (non-hydrogen) atoms. The summed E-state index contributed by atoms with van der Waals surface area (Å²) in [5.41, 5.74) is 1.70. The first-order valence-electron chi connectivity index (χ1n) is 10.2. The lowest BCUT2D eigenvalue weighted by molar-refractivity contribution is -0.139. The van der Waals surface area contributed by atoms with Crippen LogP contribution in [0.3, 0.4) is 0 Å². The molecule has 0 aliphatic carbocycles. The standard InChI is InChI=1S/C24H21BrN2O5S/c1-4-32-23(30)19-13(2)26-24-27(20(19)14-8-6-5-7-9-14)22(29)18(33-24)11-15-10-16(25)12-17(31-3)21(15)28/h5-12,20,28H,4H2,1-3H3/b18-11-. The zero-order valence-electron chi connectivity index (χ0n) is 18.2. The van der Waals surface area contributed by atoms with Crippen LogP contribution in [0.1, 0.15) is 31.0 Å². The molecule has 4 rings (SSSR count). The summed E-state index contributed by atoms with van der Waals surface area (Å²) >= 11 is 4.58. The van der Waals surface area contributed by atoms with E-state index in [9.17, 15) is 14.7 Å². The van der Waals surface area contributed by atoms with Crippen molar-refractivity contribution in [2.75, 3.05) is 13.7 Å². The van der Waals surface area contributed by atoms with Crippen LogP contribution in [0.25, 0.3) is 6.08 Å². The molecule has 0 amide bonds. The Morgan fingerprint density at radius 2 is 2.03 bits per heavy atom. The average molecular weight is 529 g/mol. The van der Waals surface area contributed by atoms with E-state index in [1.165, 1.54) is 23.0 Å². The monoisotopic (exact) mass is 528 g/mol. The van der Waals surface area contributed by atoms with Crippen molar-refractivity contribution in [3.63, 3.8) is 0 Å². The Morgan fingerprint density at radius 3 is 2.70 bits per heavy atom. The molecule has 1 atom stereocenters. The van der Waals surface area contributed by atoms with Crippen molar-refractivity contribution in [3.8, 4) is 11.5 Å². The van der Waals surface area contributed by atoms with E-state index in [2.05, 4.69) is 20.9 Å². The van der Waals surface area contributed by atoms with Gasteiger partial charge in [-0.05, 0) is 37.6 Å². The summed E-state index contributed by atoms with van der Waals surface area (Å²) in [5, 5.41) is 10.5. The van der Waals surface area contributed by atoms with Gasteiger partial charge in [-0.2, -0.15) is 0 Å². The molecule has 170 valence electrons. The molecular weight excluding hydrogens is 508 g/mol. The predicted molar refractivity (Wildman–Crippen MR) is 129 cm³/mol. The number of phenolic OH excluding ortho intramolecular Hbond substituents is 1. The number of thiazole rings is 1. The minimum Gasteiger partial charge on any atom is -0.504 e. The number of fused-ring (bicyclic) bond motifs is 1. The van der Waals surface area contributed by atoms with Crippen molar-refractivity contribution >= 4 is 39.3 Å². The lowest BCUT2D eigenvalue weighted by atomic mass is 9.96. The first-order chi connectivity index (χ1) is 15.8. The van der Waals surface area contributed by atoms with Gasteiger partial charge in [0, 0.05) is 10.0 Å². The molecule has 0 saturated carbocycles. The molecule has 0 fully saturated rings. The Morgan fingerprint density at radius 1 is 1.30 bits per heavy atom. The van der Waals surface area contributed by atoms with E-state index in [0.29, 0.717) is 30.6 Å². The third kappa shape index (κ3) is 4.26. The summed E-state index contributed by atoms with van der Waals surface area (Å²) < 4.78 is 13.1. The lowest BCUT2D eigenvalue weighted by Crippen LogP contribution is -2.39. The minimum atomic E-state index is -0.672. The number of carbonyl (C=O) groups is 1. The van der Waals surface area contributed by atoms with E-state index in [1.54, 1.807) is 32.1 Å². The van der Waals surface area contributed by atoms with Crippen LogP contribution in [0.2, 0.25) is 0 Å². The fourth-order valence-electron chi connectivity index (χ4n) is 3.74. The van der Waals surface area contributed by atoms with E-state index < -0.39 is 12.0 Å². The Labute approximate surface area is 202 Å². The topological polar surface area (TPSA) is 90.1 Å². The normalized spacial score (nSPS) is 15.8. The van der Waals surface area contributed by atoms with Gasteiger partial charge < -0.3 is 14.6 Å². The highest BCUT2D eigenvalue weighted by molar-refractivity contribution is 9.10. The number of aromatic nitrogens is 1. The van der Waals surface area contributed by atoms with Gasteiger partial charge in [0.2, 0.25) is 0 Å². The van der Waals surface area contributed by atoms with E-state index in [1.807, 2.05) is 30.3 Å². The molecule has 0 spiro atoms. The highest BCUT2D eigenvalue weighted by atomic mass is 79.9. The molecule has 3 aromatic rings. The predicted octanol–water partition coefficient (Wildman–Crippen LogP) is 3.28. The molecule has 0 saturated heterocycles. The van der Waals surface area contributed by atoms with Crippen LogP contribution in [0.5, 0.6) is 11.5 Å². The van der Waals surface area contributed by atoms with E-state index >= 15 is 0 Å². The second-order valence-corrected chi connectivity index (χ2v) is 9.18. The molecule has 1 N–H and O–H groups in total. The van der Waals surface area contributed by atoms with Crippen molar-refractivity contribution in [3.05, 3.63) is 89.0 Å². The van der Waals surface area contributed by atoms with Gasteiger partial charge in [0.1, 0.15) is 0 Å². The second-order valence-electron chi connectivity index (χ2n) is 7.26. The number of nitrogens with zero attached hydrogens (tertiary/aromatic N) is 2. The number of aromatic hydroxyl groups is 1. The highest BCUT2D eigenvalue weighted by Gasteiger charge is 2.33. The van der Waals surface area contributed by atoms with Crippen LogP contribution in [-0.2, 0) is 9.53 Å². The Hall–Kier alpha value is -3.17. The number of benzene rings is 2. The Bertz CT molecular complexity index is 1440. The van der Waals surface area contributed by atoms with Gasteiger partial charge in [0.25, 0.3) is 5.56 Å². The Kier molecular flexibility index (Phi) is 6.53. The number of allylic oxidation sites excluding steroid dienone is 1. The molecule has 1 aliphatic rings. The molecule has 2 aromatic carbocycles. The van der Waals surface area contributed by atoms with Gasteiger partial charge in [0.05, 0.1) is 35.6 Å². The number of ether oxygens (including phenoxy) is 2. The first-order valence-corrected chi connectivity index (χ1v) is 11.8. The van der Waals surface area contributed by atoms with Gasteiger partial charge in [0.15, 0.2) is 16.3 Å². The number of carbonyl (C=O) groups excluding carboxylic acids is 1. The van der Waals surface area contributed by atoms with Gasteiger partial charge in [-0.3, -0.25) is 9.36 Å². The molecule has 9 heteroatoms. The molecule has 0 radical (unpaired) electrons. The lowest BCUT2D eigenvalue weighted by Gasteiger charge is -2.24. The number of methoxy groups -OCH3 is 1. The summed E-state index contributed by atoms with van der Waals surface area (Å²) in [4.78, 5) is 31.4. The zero-order valence-corrected chi connectivity index (χ0v) is 20.6. The molecular formula is C24H21BrN2O5S. The number of rotatable bonds is 5. The van der Waals surface area contributed by atoms with Crippen LogP contribution in [0.4, 0.5) is 0 Å². The molecule has 1 aromatic heterocycles. The summed E-state index contributed by atoms with van der Waals surface area (Å²) in [6, 6.07) is 12.0. The number of hydrogen-bond donors (Lipinski definition) is 1. The third-order valence-corrected chi connectivity index (χ3v) is 6.65. The van der Waals surface area contributed by atoms with Crippen molar-refractivity contribution < 1.29 is 19.4 Å². The van der Waals surface area contributed by atoms with Crippen molar-refractivity contribution in [1.29, 1.82) is 0 Å². The number of halogens is 1. The van der Waals surface area contributed by atoms with Crippen LogP contribution in [0, 0.1) is 0 Å². The molecule has 0 bridgehead atoms. The fourth-order valence-corrected chi connectivity index (χ4v) is 5.24. The van der Waals surface area contributed by atoms with Gasteiger partial charge in [-0.25, -0.2) is 9.79 Å². The maximum absolute atomic E-state index is 13.6. The Balaban J connectivity index is 1.97. The van der Waals surface area contributed by atoms with Crippen LogP contribution in [0.15, 0.2) is 68.0 Å². The zero-order chi connectivity index (χ0) is 23.7. The molecule has 2 heterocycles. The van der Waals surface area contributed by atoms with E-state index in [4.69, 9.17) is 9.47 Å². The first kappa shape index (κ1) is 23.0. The largest absolute Gasteiger partial charge is 0.504 e. The van der Waals surface area contributed by atoms with Crippen LogP contribution < -0.4 is 19.6 Å². The number of esters is 1. The molecule has 1 aliphatic heterocycles. The number of hydrogen-bond acceptors (Lipinski definition) is 7. The SMILES string of the molecule is CCOC(=O)C1=C(C)N=c2s/c(=C\c3cc(Br)cc(OC)c3O)c(=O)n2C1c1ccccc1. The van der Waals surface area contributed by atoms with Crippen molar-refractivity contribution in [2.24, 2.45) is 4.99 Å². The van der Waals surface area contributed by atoms with Crippen LogP contribution in [-0.4, -0.2) is 29.4 Å². The molecule has 7 nitrogen and oxygen atoms in total. The van der Waals surface area contributed by atoms with E-state index in [-0.39, 0.29) is 23.7 Å². The van der Waals surface area contributed by atoms with Gasteiger partial charge >= 0.3 is 5.97 Å². The summed E-state index contributed by atoms with van der Waals surface area (Å²) in [5.74, 6) is -0.295. The molecule has 1 unspecified atom stereocenters. The van der Waals surface area contributed by atoms with E-state index in [0.717, 1.165) is 5.56 Å². The summed E-state index contributed by atoms with van der Waals surface area (Å²) in [6.45, 7) is 3.69.